The van der Waals surface area contributed by atoms with E-state index in [2.05, 4.69) is 50.3 Å². The van der Waals surface area contributed by atoms with Crippen LogP contribution in [0.15, 0.2) is 36.4 Å². The highest BCUT2D eigenvalue weighted by Gasteiger charge is 2.27. The van der Waals surface area contributed by atoms with Crippen molar-refractivity contribution in [1.82, 2.24) is 0 Å². The van der Waals surface area contributed by atoms with Crippen LogP contribution in [0.25, 0.3) is 0 Å². The van der Waals surface area contributed by atoms with Crippen LogP contribution >= 0.6 is 0 Å². The Morgan fingerprint density at radius 2 is 1.65 bits per heavy atom. The molecule has 0 saturated heterocycles. The van der Waals surface area contributed by atoms with E-state index in [1.54, 1.807) is 0 Å². The summed E-state index contributed by atoms with van der Waals surface area (Å²) in [5, 5.41) is 0. The maximum atomic E-state index is 5.96. The van der Waals surface area contributed by atoms with Gasteiger partial charge in [0.05, 0.1) is 6.61 Å². The largest absolute Gasteiger partial charge is 0.493 e. The molecule has 1 heteroatoms. The number of benzene rings is 1. The minimum absolute atomic E-state index is 0.597. The van der Waals surface area contributed by atoms with Crippen LogP contribution in [0.3, 0.4) is 0 Å². The molecule has 0 aliphatic heterocycles. The van der Waals surface area contributed by atoms with E-state index < -0.39 is 0 Å². The van der Waals surface area contributed by atoms with E-state index in [-0.39, 0.29) is 0 Å². The van der Waals surface area contributed by atoms with Gasteiger partial charge in [0, 0.05) is 5.92 Å². The van der Waals surface area contributed by atoms with Crippen molar-refractivity contribution in [3.05, 3.63) is 42.0 Å². The van der Waals surface area contributed by atoms with Crippen molar-refractivity contribution in [3.63, 3.8) is 0 Å². The fourth-order valence-electron chi connectivity index (χ4n) is 4.29. The number of allylic oxidation sites excluding steroid dienone is 1. The number of hydrogen-bond acceptors (Lipinski definition) is 1. The highest BCUT2D eigenvalue weighted by atomic mass is 16.5. The quantitative estimate of drug-likeness (QED) is 0.590. The summed E-state index contributed by atoms with van der Waals surface area (Å²) >= 11 is 0. The first-order valence-electron chi connectivity index (χ1n) is 9.62. The zero-order chi connectivity index (χ0) is 16.1. The first kappa shape index (κ1) is 16.6. The van der Waals surface area contributed by atoms with Crippen molar-refractivity contribution in [2.75, 3.05) is 6.61 Å². The average molecular weight is 312 g/mol. The number of aryl methyl sites for hydroxylation is 1. The van der Waals surface area contributed by atoms with Crippen molar-refractivity contribution in [3.8, 4) is 5.75 Å². The first-order valence-corrected chi connectivity index (χ1v) is 9.62. The van der Waals surface area contributed by atoms with Gasteiger partial charge in [-0.15, -0.1) is 0 Å². The van der Waals surface area contributed by atoms with Crippen LogP contribution in [0.2, 0.25) is 0 Å². The zero-order valence-electron chi connectivity index (χ0n) is 14.8. The number of ether oxygens (including phenoxy) is 1. The first-order chi connectivity index (χ1) is 11.2. The Hall–Kier alpha value is -1.24. The van der Waals surface area contributed by atoms with Crippen LogP contribution in [0.4, 0.5) is 0 Å². The van der Waals surface area contributed by atoms with E-state index in [0.29, 0.717) is 5.92 Å². The van der Waals surface area contributed by atoms with E-state index in [1.165, 1.54) is 50.5 Å². The van der Waals surface area contributed by atoms with Gasteiger partial charge in [-0.1, -0.05) is 56.0 Å². The topological polar surface area (TPSA) is 9.23 Å². The Kier molecular flexibility index (Phi) is 5.80. The molecule has 0 spiro atoms. The second-order valence-corrected chi connectivity index (χ2v) is 7.70. The average Bonchev–Trinajstić information content (AvgIpc) is 2.62. The summed E-state index contributed by atoms with van der Waals surface area (Å²) in [7, 11) is 0. The minimum atomic E-state index is 0.597. The van der Waals surface area contributed by atoms with E-state index in [0.717, 1.165) is 30.1 Å². The van der Waals surface area contributed by atoms with Gasteiger partial charge < -0.3 is 4.74 Å². The van der Waals surface area contributed by atoms with Gasteiger partial charge >= 0.3 is 0 Å². The van der Waals surface area contributed by atoms with Crippen LogP contribution in [0.1, 0.15) is 57.4 Å². The zero-order valence-corrected chi connectivity index (χ0v) is 14.8. The standard InChI is InChI=1S/C22H32O/c1-3-18-6-10-20(11-7-18)21-12-8-19(9-13-21)16-23-22-14-4-17(2)5-15-22/h4-5,8,12,14-15,18-21H,3,6-7,9-11,13,16H2,1-2H3. The highest BCUT2D eigenvalue weighted by molar-refractivity contribution is 5.26. The summed E-state index contributed by atoms with van der Waals surface area (Å²) in [6.45, 7) is 5.29. The fraction of sp³-hybridized carbons (Fsp3) is 0.636. The van der Waals surface area contributed by atoms with Gasteiger partial charge in [-0.25, -0.2) is 0 Å². The fourth-order valence-corrected chi connectivity index (χ4v) is 4.29. The second-order valence-electron chi connectivity index (χ2n) is 7.70. The number of hydrogen-bond donors (Lipinski definition) is 0. The molecule has 0 radical (unpaired) electrons. The van der Waals surface area contributed by atoms with E-state index >= 15 is 0 Å². The second kappa shape index (κ2) is 8.04. The molecule has 0 bridgehead atoms. The van der Waals surface area contributed by atoms with Gasteiger partial charge in [-0.3, -0.25) is 0 Å². The molecule has 0 heterocycles. The van der Waals surface area contributed by atoms with Crippen molar-refractivity contribution in [1.29, 1.82) is 0 Å². The molecule has 2 aliphatic carbocycles. The van der Waals surface area contributed by atoms with Crippen LogP contribution in [0, 0.1) is 30.6 Å². The highest BCUT2D eigenvalue weighted by Crippen LogP contribution is 2.39. The van der Waals surface area contributed by atoms with Crippen LogP contribution in [0.5, 0.6) is 5.75 Å². The lowest BCUT2D eigenvalue weighted by Gasteiger charge is -2.34. The molecule has 1 aromatic rings. The third-order valence-corrected chi connectivity index (χ3v) is 6.06. The molecular weight excluding hydrogens is 280 g/mol. The summed E-state index contributed by atoms with van der Waals surface area (Å²) in [5.41, 5.74) is 1.29. The predicted molar refractivity (Wildman–Crippen MR) is 97.8 cm³/mol. The van der Waals surface area contributed by atoms with E-state index in [9.17, 15) is 0 Å². The van der Waals surface area contributed by atoms with Gasteiger partial charge in [0.25, 0.3) is 0 Å². The lowest BCUT2D eigenvalue weighted by atomic mass is 9.71. The molecule has 3 rings (SSSR count). The van der Waals surface area contributed by atoms with Crippen molar-refractivity contribution in [2.45, 2.75) is 58.8 Å². The Morgan fingerprint density at radius 1 is 0.913 bits per heavy atom. The molecule has 2 unspecified atom stereocenters. The molecule has 23 heavy (non-hydrogen) atoms. The lowest BCUT2D eigenvalue weighted by Crippen LogP contribution is -2.24. The minimum Gasteiger partial charge on any atom is -0.493 e. The molecule has 1 saturated carbocycles. The SMILES string of the molecule is CCC1CCC(C2C=CC(COc3ccc(C)cc3)CC2)CC1. The molecule has 1 fully saturated rings. The van der Waals surface area contributed by atoms with Gasteiger partial charge in [-0.2, -0.15) is 0 Å². The van der Waals surface area contributed by atoms with E-state index in [1.807, 2.05) is 0 Å². The molecule has 1 nitrogen and oxygen atoms in total. The molecule has 2 aliphatic rings. The van der Waals surface area contributed by atoms with Crippen molar-refractivity contribution >= 4 is 0 Å². The van der Waals surface area contributed by atoms with Gasteiger partial charge in [0.15, 0.2) is 0 Å². The summed E-state index contributed by atoms with van der Waals surface area (Å²) in [6.07, 6.45) is 14.8. The molecule has 0 N–H and O–H groups in total. The van der Waals surface area contributed by atoms with Gasteiger partial charge in [-0.05, 0) is 62.5 Å². The Bertz CT molecular complexity index is 493. The smallest absolute Gasteiger partial charge is 0.119 e. The van der Waals surface area contributed by atoms with Gasteiger partial charge in [0.1, 0.15) is 5.75 Å². The Labute approximate surface area is 142 Å². The number of rotatable bonds is 5. The summed E-state index contributed by atoms with van der Waals surface area (Å²) < 4.78 is 5.96. The van der Waals surface area contributed by atoms with E-state index in [4.69, 9.17) is 4.74 Å². The van der Waals surface area contributed by atoms with Crippen molar-refractivity contribution < 1.29 is 4.74 Å². The maximum Gasteiger partial charge on any atom is 0.119 e. The van der Waals surface area contributed by atoms with Gasteiger partial charge in [0.2, 0.25) is 0 Å². The van der Waals surface area contributed by atoms with Crippen LogP contribution < -0.4 is 4.74 Å². The van der Waals surface area contributed by atoms with Crippen molar-refractivity contribution in [2.24, 2.45) is 23.7 Å². The monoisotopic (exact) mass is 312 g/mol. The normalized spacial score (nSPS) is 31.0. The maximum absolute atomic E-state index is 5.96. The van der Waals surface area contributed by atoms with Crippen LogP contribution in [-0.2, 0) is 0 Å². The summed E-state index contributed by atoms with van der Waals surface area (Å²) in [6, 6.07) is 8.40. The molecule has 126 valence electrons. The molecule has 0 amide bonds. The summed E-state index contributed by atoms with van der Waals surface area (Å²) in [4.78, 5) is 0. The molecule has 0 aromatic heterocycles. The lowest BCUT2D eigenvalue weighted by molar-refractivity contribution is 0.196. The Balaban J connectivity index is 1.44. The molecule has 1 aromatic carbocycles. The third-order valence-electron chi connectivity index (χ3n) is 6.06. The Morgan fingerprint density at radius 3 is 2.26 bits per heavy atom. The summed E-state index contributed by atoms with van der Waals surface area (Å²) in [5.74, 6) is 4.40. The third kappa shape index (κ3) is 4.62. The van der Waals surface area contributed by atoms with Crippen LogP contribution in [-0.4, -0.2) is 6.61 Å². The molecule has 2 atom stereocenters. The predicted octanol–water partition coefficient (Wildman–Crippen LogP) is 6.17. The molecular formula is C22H32O.